The Labute approximate surface area is 117 Å². The Morgan fingerprint density at radius 2 is 2.05 bits per heavy atom. The van der Waals surface area contributed by atoms with E-state index in [1.165, 1.54) is 0 Å². The first kappa shape index (κ1) is 12.7. The Morgan fingerprint density at radius 3 is 2.89 bits per heavy atom. The number of anilines is 1. The number of pyridine rings is 1. The third kappa shape index (κ3) is 2.53. The molecule has 3 rings (SSSR count). The molecule has 0 spiro atoms. The summed E-state index contributed by atoms with van der Waals surface area (Å²) in [5.74, 6) is 0. The van der Waals surface area contributed by atoms with Crippen molar-refractivity contribution < 1.29 is 5.11 Å². The van der Waals surface area contributed by atoms with Gasteiger partial charge in [-0.05, 0) is 37.1 Å². The zero-order chi connectivity index (χ0) is 13.2. The zero-order valence-corrected chi connectivity index (χ0v) is 11.4. The van der Waals surface area contributed by atoms with Gasteiger partial charge in [0.05, 0.1) is 28.4 Å². The maximum Gasteiger partial charge on any atom is 0.0948 e. The van der Waals surface area contributed by atoms with Gasteiger partial charge in [-0.3, -0.25) is 4.98 Å². The molecule has 100 valence electrons. The lowest BCUT2D eigenvalue weighted by molar-refractivity contribution is 0.116. The number of benzene rings is 1. The van der Waals surface area contributed by atoms with Gasteiger partial charge in [0, 0.05) is 11.6 Å². The van der Waals surface area contributed by atoms with Gasteiger partial charge in [-0.25, -0.2) is 0 Å². The molecule has 3 nitrogen and oxygen atoms in total. The average molecular weight is 277 g/mol. The Balaban J connectivity index is 1.94. The van der Waals surface area contributed by atoms with Crippen LogP contribution in [0, 0.1) is 0 Å². The van der Waals surface area contributed by atoms with Gasteiger partial charge in [0.25, 0.3) is 0 Å². The first-order chi connectivity index (χ1) is 9.25. The summed E-state index contributed by atoms with van der Waals surface area (Å²) in [7, 11) is 0. The van der Waals surface area contributed by atoms with E-state index in [1.54, 1.807) is 6.20 Å². The summed E-state index contributed by atoms with van der Waals surface area (Å²) in [6, 6.07) is 7.78. The van der Waals surface area contributed by atoms with E-state index in [1.807, 2.05) is 24.3 Å². The Bertz CT molecular complexity index is 587. The van der Waals surface area contributed by atoms with Crippen LogP contribution in [0.4, 0.5) is 5.69 Å². The molecule has 19 heavy (non-hydrogen) atoms. The summed E-state index contributed by atoms with van der Waals surface area (Å²) >= 11 is 6.18. The lowest BCUT2D eigenvalue weighted by Gasteiger charge is -2.29. The van der Waals surface area contributed by atoms with Crippen LogP contribution in [-0.4, -0.2) is 22.2 Å². The van der Waals surface area contributed by atoms with Crippen LogP contribution < -0.4 is 5.32 Å². The fraction of sp³-hybridized carbons (Fsp3) is 0.400. The molecule has 0 radical (unpaired) electrons. The van der Waals surface area contributed by atoms with Gasteiger partial charge in [0.2, 0.25) is 0 Å². The van der Waals surface area contributed by atoms with Crippen molar-refractivity contribution in [1.29, 1.82) is 0 Å². The first-order valence-corrected chi connectivity index (χ1v) is 7.11. The predicted octanol–water partition coefficient (Wildman–Crippen LogP) is 3.60. The van der Waals surface area contributed by atoms with Gasteiger partial charge in [0.15, 0.2) is 0 Å². The summed E-state index contributed by atoms with van der Waals surface area (Å²) in [5, 5.41) is 15.1. The van der Waals surface area contributed by atoms with E-state index in [0.29, 0.717) is 5.02 Å². The van der Waals surface area contributed by atoms with Crippen LogP contribution >= 0.6 is 11.6 Å². The summed E-state index contributed by atoms with van der Waals surface area (Å²) in [6.45, 7) is 0. The Kier molecular flexibility index (Phi) is 3.58. The third-order valence-electron chi connectivity index (χ3n) is 3.79. The molecule has 2 aromatic rings. The highest BCUT2D eigenvalue weighted by atomic mass is 35.5. The number of aliphatic hydroxyl groups is 1. The molecule has 0 amide bonds. The summed E-state index contributed by atoms with van der Waals surface area (Å²) < 4.78 is 0. The van der Waals surface area contributed by atoms with Crippen molar-refractivity contribution >= 4 is 28.2 Å². The number of hydrogen-bond donors (Lipinski definition) is 2. The summed E-state index contributed by atoms with van der Waals surface area (Å²) in [6.07, 6.45) is 5.63. The Morgan fingerprint density at radius 1 is 1.21 bits per heavy atom. The van der Waals surface area contributed by atoms with Crippen LogP contribution in [0.5, 0.6) is 0 Å². The number of rotatable bonds is 2. The molecule has 1 fully saturated rings. The van der Waals surface area contributed by atoms with Crippen molar-refractivity contribution in [2.24, 2.45) is 0 Å². The molecule has 2 atom stereocenters. The second-order valence-electron chi connectivity index (χ2n) is 5.10. The van der Waals surface area contributed by atoms with Crippen LogP contribution in [0.25, 0.3) is 10.9 Å². The van der Waals surface area contributed by atoms with E-state index in [9.17, 15) is 5.11 Å². The van der Waals surface area contributed by atoms with Gasteiger partial charge in [-0.2, -0.15) is 0 Å². The van der Waals surface area contributed by atoms with E-state index >= 15 is 0 Å². The molecule has 0 bridgehead atoms. The van der Waals surface area contributed by atoms with Crippen LogP contribution in [0.3, 0.4) is 0 Å². The number of nitrogens with one attached hydrogen (secondary N) is 1. The van der Waals surface area contributed by atoms with Crippen molar-refractivity contribution in [2.75, 3.05) is 5.32 Å². The van der Waals surface area contributed by atoms with Crippen LogP contribution in [0.2, 0.25) is 5.02 Å². The zero-order valence-electron chi connectivity index (χ0n) is 10.6. The highest BCUT2D eigenvalue weighted by Crippen LogP contribution is 2.30. The average Bonchev–Trinajstić information content (AvgIpc) is 2.44. The topological polar surface area (TPSA) is 45.1 Å². The van der Waals surface area contributed by atoms with Gasteiger partial charge in [-0.1, -0.05) is 24.4 Å². The van der Waals surface area contributed by atoms with Crippen LogP contribution in [-0.2, 0) is 0 Å². The smallest absolute Gasteiger partial charge is 0.0948 e. The Hall–Kier alpha value is -1.32. The minimum atomic E-state index is -0.275. The highest BCUT2D eigenvalue weighted by molar-refractivity contribution is 6.35. The molecule has 1 aliphatic rings. The molecular formula is C15H17ClN2O. The fourth-order valence-electron chi connectivity index (χ4n) is 2.73. The summed E-state index contributed by atoms with van der Waals surface area (Å²) in [4.78, 5) is 4.40. The molecule has 2 N–H and O–H groups in total. The van der Waals surface area contributed by atoms with E-state index in [-0.39, 0.29) is 12.1 Å². The third-order valence-corrected chi connectivity index (χ3v) is 4.12. The van der Waals surface area contributed by atoms with Gasteiger partial charge < -0.3 is 10.4 Å². The minimum absolute atomic E-state index is 0.111. The van der Waals surface area contributed by atoms with Crippen molar-refractivity contribution in [3.63, 3.8) is 0 Å². The van der Waals surface area contributed by atoms with Gasteiger partial charge in [0.1, 0.15) is 0 Å². The summed E-state index contributed by atoms with van der Waals surface area (Å²) in [5.41, 5.74) is 1.82. The van der Waals surface area contributed by atoms with Crippen molar-refractivity contribution in [2.45, 2.75) is 37.8 Å². The number of hydrogen-bond acceptors (Lipinski definition) is 3. The van der Waals surface area contributed by atoms with E-state index in [2.05, 4.69) is 10.3 Å². The SMILES string of the molecule is O[C@H]1CCCC[C@@H]1Nc1ccc(Cl)c2cccnc12. The predicted molar refractivity (Wildman–Crippen MR) is 78.6 cm³/mol. The molecule has 1 heterocycles. The molecule has 1 saturated carbocycles. The molecule has 4 heteroatoms. The first-order valence-electron chi connectivity index (χ1n) is 6.73. The van der Waals surface area contributed by atoms with Gasteiger partial charge >= 0.3 is 0 Å². The second-order valence-corrected chi connectivity index (χ2v) is 5.50. The number of fused-ring (bicyclic) bond motifs is 1. The van der Waals surface area contributed by atoms with Crippen LogP contribution in [0.15, 0.2) is 30.5 Å². The lowest BCUT2D eigenvalue weighted by Crippen LogP contribution is -2.36. The lowest BCUT2D eigenvalue weighted by atomic mass is 9.92. The van der Waals surface area contributed by atoms with Crippen molar-refractivity contribution in [3.8, 4) is 0 Å². The minimum Gasteiger partial charge on any atom is -0.391 e. The van der Waals surface area contributed by atoms with Crippen LogP contribution in [0.1, 0.15) is 25.7 Å². The van der Waals surface area contributed by atoms with Gasteiger partial charge in [-0.15, -0.1) is 0 Å². The van der Waals surface area contributed by atoms with E-state index in [0.717, 1.165) is 42.3 Å². The second kappa shape index (κ2) is 5.35. The largest absolute Gasteiger partial charge is 0.391 e. The normalized spacial score (nSPS) is 23.5. The number of nitrogens with zero attached hydrogens (tertiary/aromatic N) is 1. The standard InChI is InChI=1S/C15H17ClN2O/c16-11-7-8-13(15-10(11)4-3-9-17-15)18-12-5-1-2-6-14(12)19/h3-4,7-9,12,14,18-19H,1-2,5-6H2/t12-,14-/m0/s1. The molecule has 1 aromatic carbocycles. The molecular weight excluding hydrogens is 260 g/mol. The number of halogens is 1. The van der Waals surface area contributed by atoms with Crippen molar-refractivity contribution in [3.05, 3.63) is 35.5 Å². The fourth-order valence-corrected chi connectivity index (χ4v) is 2.95. The molecule has 1 aliphatic carbocycles. The monoisotopic (exact) mass is 276 g/mol. The van der Waals surface area contributed by atoms with E-state index in [4.69, 9.17) is 11.6 Å². The highest BCUT2D eigenvalue weighted by Gasteiger charge is 2.23. The quantitative estimate of drug-likeness (QED) is 0.881. The molecule has 0 unspecified atom stereocenters. The van der Waals surface area contributed by atoms with E-state index < -0.39 is 0 Å². The maximum absolute atomic E-state index is 10.0. The number of aliphatic hydroxyl groups excluding tert-OH is 1. The maximum atomic E-state index is 10.0. The molecule has 0 saturated heterocycles. The van der Waals surface area contributed by atoms with Crippen molar-refractivity contribution in [1.82, 2.24) is 4.98 Å². The number of aromatic nitrogens is 1. The molecule has 1 aromatic heterocycles. The molecule has 0 aliphatic heterocycles.